The molecule has 1 saturated heterocycles. The Kier molecular flexibility index (Phi) is 5.27. The van der Waals surface area contributed by atoms with Crippen LogP contribution < -0.4 is 10.2 Å². The van der Waals surface area contributed by atoms with Crippen LogP contribution in [0.3, 0.4) is 0 Å². The molecule has 1 fully saturated rings. The normalized spacial score (nSPS) is 24.1. The molecular weight excluding hydrogens is 267 g/mol. The number of ether oxygens (including phenoxy) is 1. The Morgan fingerprint density at radius 1 is 1.24 bits per heavy atom. The summed E-state index contributed by atoms with van der Waals surface area (Å²) in [5.74, 6) is 0.508. The third-order valence-corrected chi connectivity index (χ3v) is 4.41. The molecule has 2 unspecified atom stereocenters. The first-order chi connectivity index (χ1) is 9.92. The van der Waals surface area contributed by atoms with E-state index in [-0.39, 0.29) is 0 Å². The number of hydrogen-bond donors (Lipinski definition) is 2. The summed E-state index contributed by atoms with van der Waals surface area (Å²) in [6.07, 6.45) is 0. The molecule has 116 valence electrons. The van der Waals surface area contributed by atoms with E-state index in [1.165, 1.54) is 7.11 Å². The van der Waals surface area contributed by atoms with E-state index in [1.807, 2.05) is 12.1 Å². The van der Waals surface area contributed by atoms with Crippen molar-refractivity contribution in [3.8, 4) is 5.75 Å². The molecule has 1 aromatic rings. The molecule has 0 spiro atoms. The fraction of sp³-hybridized carbons (Fsp3) is 0.600. The van der Waals surface area contributed by atoms with Crippen LogP contribution in [0, 0.1) is 0 Å². The summed E-state index contributed by atoms with van der Waals surface area (Å²) in [5.41, 5.74) is 1.49. The molecular formula is C15H25BN2O3. The molecule has 6 heteroatoms. The van der Waals surface area contributed by atoms with Gasteiger partial charge in [0, 0.05) is 37.2 Å². The minimum Gasteiger partial charge on any atom is -0.497 e. The Bertz CT molecular complexity index is 472. The molecule has 21 heavy (non-hydrogen) atoms. The number of methoxy groups -OCH3 is 1. The summed E-state index contributed by atoms with van der Waals surface area (Å²) in [4.78, 5) is 4.80. The molecule has 1 aromatic carbocycles. The van der Waals surface area contributed by atoms with E-state index in [2.05, 4.69) is 30.7 Å². The molecule has 0 aromatic heterocycles. The predicted octanol–water partition coefficient (Wildman–Crippen LogP) is -0.101. The highest BCUT2D eigenvalue weighted by atomic mass is 16.5. The monoisotopic (exact) mass is 292 g/mol. The van der Waals surface area contributed by atoms with E-state index in [0.717, 1.165) is 25.2 Å². The van der Waals surface area contributed by atoms with Gasteiger partial charge in [-0.1, -0.05) is 12.1 Å². The minimum absolute atomic E-state index is 0.422. The maximum atomic E-state index is 9.44. The average molecular weight is 292 g/mol. The van der Waals surface area contributed by atoms with E-state index >= 15 is 0 Å². The minimum atomic E-state index is -1.51. The summed E-state index contributed by atoms with van der Waals surface area (Å²) in [6, 6.07) is 6.65. The first-order valence-electron chi connectivity index (χ1n) is 7.39. The Balaban J connectivity index is 2.11. The molecule has 2 N–H and O–H groups in total. The maximum Gasteiger partial charge on any atom is 0.492 e. The van der Waals surface area contributed by atoms with Crippen molar-refractivity contribution in [3.05, 3.63) is 23.8 Å². The molecule has 0 amide bonds. The average Bonchev–Trinajstić information content (AvgIpc) is 2.44. The van der Waals surface area contributed by atoms with Crippen molar-refractivity contribution >= 4 is 12.6 Å². The van der Waals surface area contributed by atoms with Gasteiger partial charge in [0.1, 0.15) is 5.75 Å². The van der Waals surface area contributed by atoms with Crippen molar-refractivity contribution in [2.75, 3.05) is 27.2 Å². The lowest BCUT2D eigenvalue weighted by Crippen LogP contribution is -2.54. The standard InChI is InChI=1S/C15H25BN2O3/c1-11-8-18(9-12(2)17(11)3)10-13-5-6-15(21-4)14(7-13)16(19)20/h5-7,11-12,19-20H,8-10H2,1-4H3. The number of piperazine rings is 1. The zero-order valence-electron chi connectivity index (χ0n) is 13.3. The Labute approximate surface area is 127 Å². The number of benzene rings is 1. The van der Waals surface area contributed by atoms with Gasteiger partial charge in [0.25, 0.3) is 0 Å². The smallest absolute Gasteiger partial charge is 0.492 e. The molecule has 5 nitrogen and oxygen atoms in total. The van der Waals surface area contributed by atoms with E-state index in [1.54, 1.807) is 6.07 Å². The lowest BCUT2D eigenvalue weighted by atomic mass is 9.78. The third-order valence-electron chi connectivity index (χ3n) is 4.41. The largest absolute Gasteiger partial charge is 0.497 e. The number of rotatable bonds is 4. The molecule has 0 saturated carbocycles. The first kappa shape index (κ1) is 16.3. The van der Waals surface area contributed by atoms with Gasteiger partial charge in [-0.05, 0) is 32.5 Å². The van der Waals surface area contributed by atoms with Crippen LogP contribution in [0.2, 0.25) is 0 Å². The van der Waals surface area contributed by atoms with Gasteiger partial charge in [-0.25, -0.2) is 0 Å². The van der Waals surface area contributed by atoms with Crippen LogP contribution in [0.25, 0.3) is 0 Å². The summed E-state index contributed by atoms with van der Waals surface area (Å²) >= 11 is 0. The number of nitrogens with zero attached hydrogens (tertiary/aromatic N) is 2. The molecule has 1 aliphatic heterocycles. The molecule has 2 rings (SSSR count). The van der Waals surface area contributed by atoms with E-state index in [9.17, 15) is 10.0 Å². The highest BCUT2D eigenvalue weighted by Crippen LogP contribution is 2.17. The molecule has 1 aliphatic rings. The van der Waals surface area contributed by atoms with Crippen molar-refractivity contribution < 1.29 is 14.8 Å². The lowest BCUT2D eigenvalue weighted by molar-refractivity contribution is 0.0556. The van der Waals surface area contributed by atoms with Crippen LogP contribution in [0.1, 0.15) is 19.4 Å². The van der Waals surface area contributed by atoms with Crippen LogP contribution in [0.4, 0.5) is 0 Å². The zero-order valence-corrected chi connectivity index (χ0v) is 13.3. The molecule has 0 aliphatic carbocycles. The molecule has 1 heterocycles. The third kappa shape index (κ3) is 3.77. The van der Waals surface area contributed by atoms with Gasteiger partial charge >= 0.3 is 7.12 Å². The topological polar surface area (TPSA) is 56.2 Å². The summed E-state index contributed by atoms with van der Waals surface area (Å²) in [5, 5.41) is 18.9. The van der Waals surface area contributed by atoms with Crippen molar-refractivity contribution in [2.45, 2.75) is 32.5 Å². The second-order valence-corrected chi connectivity index (χ2v) is 6.01. The van der Waals surface area contributed by atoms with Crippen LogP contribution in [-0.4, -0.2) is 66.3 Å². The van der Waals surface area contributed by atoms with Crippen molar-refractivity contribution in [1.82, 2.24) is 9.80 Å². The van der Waals surface area contributed by atoms with Crippen LogP contribution in [0.5, 0.6) is 5.75 Å². The maximum absolute atomic E-state index is 9.44. The fourth-order valence-electron chi connectivity index (χ4n) is 2.99. The SMILES string of the molecule is COc1ccc(CN2CC(C)N(C)C(C)C2)cc1B(O)O. The second kappa shape index (κ2) is 6.79. The van der Waals surface area contributed by atoms with Crippen LogP contribution in [0.15, 0.2) is 18.2 Å². The van der Waals surface area contributed by atoms with Gasteiger partial charge in [0.15, 0.2) is 0 Å². The molecule has 0 radical (unpaired) electrons. The first-order valence-corrected chi connectivity index (χ1v) is 7.39. The summed E-state index contributed by atoms with van der Waals surface area (Å²) < 4.78 is 5.16. The van der Waals surface area contributed by atoms with E-state index in [4.69, 9.17) is 4.74 Å². The van der Waals surface area contributed by atoms with Gasteiger partial charge in [-0.3, -0.25) is 9.80 Å². The summed E-state index contributed by atoms with van der Waals surface area (Å²) in [7, 11) is 2.19. The number of hydrogen-bond acceptors (Lipinski definition) is 5. The van der Waals surface area contributed by atoms with Gasteiger partial charge in [-0.15, -0.1) is 0 Å². The highest BCUT2D eigenvalue weighted by molar-refractivity contribution is 6.59. The Hall–Kier alpha value is -1.08. The van der Waals surface area contributed by atoms with Crippen molar-refractivity contribution in [2.24, 2.45) is 0 Å². The van der Waals surface area contributed by atoms with E-state index in [0.29, 0.717) is 23.3 Å². The van der Waals surface area contributed by atoms with Gasteiger partial charge in [-0.2, -0.15) is 0 Å². The predicted molar refractivity (Wildman–Crippen MR) is 84.8 cm³/mol. The number of likely N-dealkylation sites (N-methyl/N-ethyl adjacent to an activating group) is 1. The lowest BCUT2D eigenvalue weighted by Gasteiger charge is -2.42. The van der Waals surface area contributed by atoms with Crippen molar-refractivity contribution in [3.63, 3.8) is 0 Å². The zero-order chi connectivity index (χ0) is 15.6. The van der Waals surface area contributed by atoms with Gasteiger partial charge < -0.3 is 14.8 Å². The van der Waals surface area contributed by atoms with Gasteiger partial charge in [0.05, 0.1) is 7.11 Å². The van der Waals surface area contributed by atoms with Crippen LogP contribution >= 0.6 is 0 Å². The Morgan fingerprint density at radius 2 is 1.86 bits per heavy atom. The fourth-order valence-corrected chi connectivity index (χ4v) is 2.99. The molecule has 2 atom stereocenters. The quantitative estimate of drug-likeness (QED) is 0.759. The second-order valence-electron chi connectivity index (χ2n) is 6.01. The van der Waals surface area contributed by atoms with Crippen molar-refractivity contribution in [1.29, 1.82) is 0 Å². The highest BCUT2D eigenvalue weighted by Gasteiger charge is 2.26. The summed E-state index contributed by atoms with van der Waals surface area (Å²) in [6.45, 7) is 7.32. The van der Waals surface area contributed by atoms with Gasteiger partial charge in [0.2, 0.25) is 0 Å². The molecule has 0 bridgehead atoms. The van der Waals surface area contributed by atoms with Crippen LogP contribution in [-0.2, 0) is 6.54 Å². The van der Waals surface area contributed by atoms with E-state index < -0.39 is 7.12 Å². The Morgan fingerprint density at radius 3 is 2.38 bits per heavy atom.